The Kier molecular flexibility index (Phi) is 4.12. The van der Waals surface area contributed by atoms with E-state index < -0.39 is 11.6 Å². The molecular weight excluding hydrogens is 256 g/mol. The summed E-state index contributed by atoms with van der Waals surface area (Å²) < 4.78 is 5.61. The molecule has 2 rings (SSSR count). The first-order valence-corrected chi connectivity index (χ1v) is 7.66. The fourth-order valence-electron chi connectivity index (χ4n) is 4.37. The lowest BCUT2D eigenvalue weighted by molar-refractivity contribution is -0.166. The number of carbonyl (C=O) groups excluding carboxylic acids is 1. The van der Waals surface area contributed by atoms with E-state index in [1.165, 1.54) is 6.42 Å². The molecule has 0 aliphatic heterocycles. The number of fused-ring (bicyclic) bond motifs is 2. The molecule has 114 valence electrons. The summed E-state index contributed by atoms with van der Waals surface area (Å²) in [4.78, 5) is 22.3. The molecule has 5 atom stereocenters. The van der Waals surface area contributed by atoms with E-state index >= 15 is 0 Å². The van der Waals surface area contributed by atoms with E-state index in [0.29, 0.717) is 17.8 Å². The molecule has 0 heterocycles. The zero-order valence-corrected chi connectivity index (χ0v) is 12.9. The van der Waals surface area contributed by atoms with Gasteiger partial charge in [0.15, 0.2) is 0 Å². The van der Waals surface area contributed by atoms with Crippen molar-refractivity contribution in [2.75, 3.05) is 0 Å². The lowest BCUT2D eigenvalue weighted by Crippen LogP contribution is -2.42. The van der Waals surface area contributed by atoms with Crippen LogP contribution in [-0.4, -0.2) is 22.6 Å². The van der Waals surface area contributed by atoms with Crippen molar-refractivity contribution in [3.8, 4) is 0 Å². The Morgan fingerprint density at radius 3 is 2.30 bits per heavy atom. The first-order valence-electron chi connectivity index (χ1n) is 7.66. The zero-order valence-electron chi connectivity index (χ0n) is 12.9. The summed E-state index contributed by atoms with van der Waals surface area (Å²) in [5, 5.41) is 8.61. The zero-order chi connectivity index (χ0) is 15.1. The Morgan fingerprint density at radius 1 is 1.15 bits per heavy atom. The SMILES string of the molecule is CC1C2CC(C1C)C(C(C)(C)OC(=O)CCC(=O)O)C2. The molecule has 2 fully saturated rings. The van der Waals surface area contributed by atoms with Gasteiger partial charge in [-0.15, -0.1) is 0 Å². The minimum Gasteiger partial charge on any atom is -0.481 e. The van der Waals surface area contributed by atoms with Gasteiger partial charge in [-0.1, -0.05) is 13.8 Å². The molecule has 1 N–H and O–H groups in total. The number of ether oxygens (including phenoxy) is 1. The first kappa shape index (κ1) is 15.3. The lowest BCUT2D eigenvalue weighted by Gasteiger charge is -2.41. The van der Waals surface area contributed by atoms with Crippen molar-refractivity contribution in [3.63, 3.8) is 0 Å². The van der Waals surface area contributed by atoms with Crippen LogP contribution in [0.3, 0.4) is 0 Å². The van der Waals surface area contributed by atoms with E-state index in [-0.39, 0.29) is 18.8 Å². The topological polar surface area (TPSA) is 63.6 Å². The van der Waals surface area contributed by atoms with E-state index in [1.54, 1.807) is 0 Å². The van der Waals surface area contributed by atoms with Crippen LogP contribution in [-0.2, 0) is 14.3 Å². The first-order chi connectivity index (χ1) is 9.22. The van der Waals surface area contributed by atoms with Gasteiger partial charge in [-0.25, -0.2) is 0 Å². The maximum absolute atomic E-state index is 11.8. The molecule has 0 saturated heterocycles. The van der Waals surface area contributed by atoms with Gasteiger partial charge in [0.05, 0.1) is 12.8 Å². The molecule has 20 heavy (non-hydrogen) atoms. The largest absolute Gasteiger partial charge is 0.481 e. The van der Waals surface area contributed by atoms with Crippen molar-refractivity contribution in [1.82, 2.24) is 0 Å². The molecule has 0 aromatic rings. The average Bonchev–Trinajstić information content (AvgIpc) is 2.88. The smallest absolute Gasteiger partial charge is 0.306 e. The Morgan fingerprint density at radius 2 is 1.80 bits per heavy atom. The molecule has 0 amide bonds. The van der Waals surface area contributed by atoms with Crippen LogP contribution < -0.4 is 0 Å². The van der Waals surface area contributed by atoms with Gasteiger partial charge < -0.3 is 9.84 Å². The summed E-state index contributed by atoms with van der Waals surface area (Å²) in [5.41, 5.74) is -0.483. The van der Waals surface area contributed by atoms with E-state index in [9.17, 15) is 9.59 Å². The standard InChI is InChI=1S/C16H26O4/c1-9-10(2)12-7-11(9)8-13(12)16(3,4)20-15(19)6-5-14(17)18/h9-13H,5-8H2,1-4H3,(H,17,18). The highest BCUT2D eigenvalue weighted by atomic mass is 16.6. The van der Waals surface area contributed by atoms with Gasteiger partial charge >= 0.3 is 11.9 Å². The van der Waals surface area contributed by atoms with E-state index in [1.807, 2.05) is 13.8 Å². The molecule has 4 nitrogen and oxygen atoms in total. The highest BCUT2D eigenvalue weighted by Crippen LogP contribution is 2.58. The van der Waals surface area contributed by atoms with Crippen LogP contribution in [0.2, 0.25) is 0 Å². The van der Waals surface area contributed by atoms with Crippen LogP contribution in [0, 0.1) is 29.6 Å². The van der Waals surface area contributed by atoms with Gasteiger partial charge in [-0.2, -0.15) is 0 Å². The summed E-state index contributed by atoms with van der Waals surface area (Å²) in [6, 6.07) is 0. The van der Waals surface area contributed by atoms with Crippen molar-refractivity contribution >= 4 is 11.9 Å². The molecular formula is C16H26O4. The van der Waals surface area contributed by atoms with Crippen molar-refractivity contribution in [2.45, 2.75) is 59.0 Å². The van der Waals surface area contributed by atoms with E-state index in [2.05, 4.69) is 13.8 Å². The van der Waals surface area contributed by atoms with Crippen molar-refractivity contribution in [2.24, 2.45) is 29.6 Å². The van der Waals surface area contributed by atoms with Gasteiger partial charge in [-0.3, -0.25) is 9.59 Å². The molecule has 2 bridgehead atoms. The number of carboxylic acids is 1. The maximum atomic E-state index is 11.8. The summed E-state index contributed by atoms with van der Waals surface area (Å²) in [5.74, 6) is 1.93. The van der Waals surface area contributed by atoms with Crippen LogP contribution in [0.15, 0.2) is 0 Å². The Balaban J connectivity index is 1.94. The van der Waals surface area contributed by atoms with Crippen molar-refractivity contribution < 1.29 is 19.4 Å². The fraction of sp³-hybridized carbons (Fsp3) is 0.875. The predicted molar refractivity (Wildman–Crippen MR) is 75.1 cm³/mol. The summed E-state index contributed by atoms with van der Waals surface area (Å²) in [6.45, 7) is 8.60. The normalized spacial score (nSPS) is 36.1. The number of rotatable bonds is 5. The molecule has 0 aromatic heterocycles. The van der Waals surface area contributed by atoms with Gasteiger partial charge in [0.2, 0.25) is 0 Å². The highest BCUT2D eigenvalue weighted by Gasteiger charge is 2.54. The van der Waals surface area contributed by atoms with Gasteiger partial charge in [0.25, 0.3) is 0 Å². The molecule has 0 aromatic carbocycles. The number of hydrogen-bond donors (Lipinski definition) is 1. The minimum atomic E-state index is -0.956. The molecule has 2 aliphatic carbocycles. The molecule has 0 radical (unpaired) electrons. The van der Waals surface area contributed by atoms with Crippen LogP contribution in [0.5, 0.6) is 0 Å². The fourth-order valence-corrected chi connectivity index (χ4v) is 4.37. The molecule has 5 unspecified atom stereocenters. The third-order valence-corrected chi connectivity index (χ3v) is 5.71. The molecule has 0 spiro atoms. The predicted octanol–water partition coefficient (Wildman–Crippen LogP) is 3.10. The van der Waals surface area contributed by atoms with Gasteiger partial charge in [0, 0.05) is 5.92 Å². The third kappa shape index (κ3) is 2.84. The lowest BCUT2D eigenvalue weighted by atomic mass is 9.70. The highest BCUT2D eigenvalue weighted by molar-refractivity contribution is 5.76. The van der Waals surface area contributed by atoms with Crippen molar-refractivity contribution in [3.05, 3.63) is 0 Å². The van der Waals surface area contributed by atoms with E-state index in [0.717, 1.165) is 18.3 Å². The third-order valence-electron chi connectivity index (χ3n) is 5.71. The Hall–Kier alpha value is -1.06. The van der Waals surface area contributed by atoms with Crippen LogP contribution in [0.4, 0.5) is 0 Å². The molecule has 2 aliphatic rings. The van der Waals surface area contributed by atoms with Crippen LogP contribution >= 0.6 is 0 Å². The van der Waals surface area contributed by atoms with Gasteiger partial charge in [-0.05, 0) is 50.4 Å². The summed E-state index contributed by atoms with van der Waals surface area (Å²) in [6.07, 6.45) is 2.20. The quantitative estimate of drug-likeness (QED) is 0.787. The van der Waals surface area contributed by atoms with E-state index in [4.69, 9.17) is 9.84 Å². The number of carbonyl (C=O) groups is 2. The Labute approximate surface area is 120 Å². The molecule has 4 heteroatoms. The van der Waals surface area contributed by atoms with Crippen LogP contribution in [0.25, 0.3) is 0 Å². The number of carboxylic acid groups (broad SMARTS) is 1. The summed E-state index contributed by atoms with van der Waals surface area (Å²) >= 11 is 0. The molecule has 2 saturated carbocycles. The number of hydrogen-bond acceptors (Lipinski definition) is 3. The summed E-state index contributed by atoms with van der Waals surface area (Å²) in [7, 11) is 0. The van der Waals surface area contributed by atoms with Crippen molar-refractivity contribution in [1.29, 1.82) is 0 Å². The number of esters is 1. The number of aliphatic carboxylic acids is 1. The minimum absolute atomic E-state index is 0.0362. The second kappa shape index (κ2) is 5.38. The second-order valence-corrected chi connectivity index (χ2v) is 7.19. The average molecular weight is 282 g/mol. The Bertz CT molecular complexity index is 399. The maximum Gasteiger partial charge on any atom is 0.306 e. The van der Waals surface area contributed by atoms with Gasteiger partial charge in [0.1, 0.15) is 5.60 Å². The monoisotopic (exact) mass is 282 g/mol. The van der Waals surface area contributed by atoms with Crippen LogP contribution in [0.1, 0.15) is 53.4 Å². The second-order valence-electron chi connectivity index (χ2n) is 7.19.